The maximum Gasteiger partial charge on any atom is 0.122 e. The fraction of sp³-hybridized carbons (Fsp3) is 0.200. The minimum atomic E-state index is -0.0725. The van der Waals surface area contributed by atoms with Crippen LogP contribution in [0.4, 0.5) is 5.69 Å². The highest BCUT2D eigenvalue weighted by Gasteiger charge is 2.19. The van der Waals surface area contributed by atoms with E-state index < -0.39 is 0 Å². The molecule has 2 rings (SSSR count). The summed E-state index contributed by atoms with van der Waals surface area (Å²) in [5, 5.41) is 19.3. The maximum absolute atomic E-state index is 8.50. The van der Waals surface area contributed by atoms with Crippen molar-refractivity contribution in [3.8, 4) is 12.8 Å². The van der Waals surface area contributed by atoms with Crippen molar-refractivity contribution < 1.29 is 0 Å². The van der Waals surface area contributed by atoms with Crippen LogP contribution in [0.3, 0.4) is 0 Å². The highest BCUT2D eigenvalue weighted by atomic mass is 14.9. The number of benzene rings is 1. The third-order valence-corrected chi connectivity index (χ3v) is 3.84. The number of allylic oxidation sites excluding steroid dienone is 4. The molecule has 25 heavy (non-hydrogen) atoms. The third-order valence-electron chi connectivity index (χ3n) is 3.84. The van der Waals surface area contributed by atoms with Crippen molar-refractivity contribution in [3.05, 3.63) is 65.5 Å². The van der Waals surface area contributed by atoms with E-state index in [1.807, 2.05) is 25.2 Å². The van der Waals surface area contributed by atoms with Crippen LogP contribution in [0.1, 0.15) is 30.9 Å². The number of amidine groups is 1. The summed E-state index contributed by atoms with van der Waals surface area (Å²) in [5.41, 5.74) is 15.6. The van der Waals surface area contributed by atoms with Crippen molar-refractivity contribution >= 4 is 17.2 Å². The molecule has 0 saturated heterocycles. The molecule has 130 valence electrons. The Hall–Kier alpha value is -3.26. The Labute approximate surface area is 149 Å². The van der Waals surface area contributed by atoms with E-state index in [0.29, 0.717) is 22.5 Å². The summed E-state index contributed by atoms with van der Waals surface area (Å²) in [5.74, 6) is -0.101. The lowest BCUT2D eigenvalue weighted by Gasteiger charge is -2.20. The van der Waals surface area contributed by atoms with Crippen molar-refractivity contribution in [2.45, 2.75) is 19.8 Å². The predicted octanol–water partition coefficient (Wildman–Crippen LogP) is 3.14. The van der Waals surface area contributed by atoms with Gasteiger partial charge in [0, 0.05) is 39.8 Å². The third kappa shape index (κ3) is 5.11. The maximum atomic E-state index is 8.50. The standard InChI is InChI=1S/C18H23N5.C2H2/c1-3-11(2)23-14-6-4-5-12(9-14)17(20)15-10-13(18(21)22)7-8-16(15)19;1-2/h4,6-10,12,20,23H,2-3,5,19H2,1H3,(H3,21,22);1-2H. The quantitative estimate of drug-likeness (QED) is 0.238. The summed E-state index contributed by atoms with van der Waals surface area (Å²) >= 11 is 0. The van der Waals surface area contributed by atoms with Gasteiger partial charge < -0.3 is 22.2 Å². The predicted molar refractivity (Wildman–Crippen MR) is 106 cm³/mol. The Kier molecular flexibility index (Phi) is 7.23. The Bertz CT molecular complexity index is 753. The molecular formula is C20H25N5. The topological polar surface area (TPSA) is 112 Å². The molecule has 0 radical (unpaired) electrons. The number of hydrogen-bond donors (Lipinski definition) is 5. The number of nitrogens with one attached hydrogen (secondary N) is 3. The molecule has 0 spiro atoms. The second kappa shape index (κ2) is 9.14. The Balaban J connectivity index is 0.00000151. The fourth-order valence-corrected chi connectivity index (χ4v) is 2.42. The number of hydrogen-bond acceptors (Lipinski definition) is 4. The first-order chi connectivity index (χ1) is 11.9. The minimum Gasteiger partial charge on any atom is -0.398 e. The van der Waals surface area contributed by atoms with Gasteiger partial charge in [0.25, 0.3) is 0 Å². The van der Waals surface area contributed by atoms with Crippen LogP contribution in [-0.4, -0.2) is 11.5 Å². The van der Waals surface area contributed by atoms with Crippen molar-refractivity contribution in [2.24, 2.45) is 11.7 Å². The van der Waals surface area contributed by atoms with Crippen molar-refractivity contribution in [3.63, 3.8) is 0 Å². The molecule has 1 atom stereocenters. The van der Waals surface area contributed by atoms with E-state index in [0.717, 1.165) is 24.2 Å². The van der Waals surface area contributed by atoms with Crippen LogP contribution in [0.25, 0.3) is 0 Å². The Morgan fingerprint density at radius 1 is 1.36 bits per heavy atom. The number of nitrogens with two attached hydrogens (primary N) is 2. The first kappa shape index (κ1) is 19.8. The lowest BCUT2D eigenvalue weighted by atomic mass is 9.88. The van der Waals surface area contributed by atoms with Gasteiger partial charge in [-0.15, -0.1) is 12.8 Å². The molecule has 1 aromatic rings. The summed E-state index contributed by atoms with van der Waals surface area (Å²) in [6.45, 7) is 5.98. The molecule has 0 aromatic heterocycles. The largest absolute Gasteiger partial charge is 0.398 e. The van der Waals surface area contributed by atoms with Crippen LogP contribution >= 0.6 is 0 Å². The first-order valence-corrected chi connectivity index (χ1v) is 7.91. The van der Waals surface area contributed by atoms with Gasteiger partial charge in [-0.2, -0.15) is 0 Å². The van der Waals surface area contributed by atoms with Gasteiger partial charge in [-0.1, -0.05) is 25.7 Å². The van der Waals surface area contributed by atoms with Gasteiger partial charge >= 0.3 is 0 Å². The SMILES string of the molecule is C#C.C=C(CC)NC1=CC(C(=N)c2cc(C(=N)N)ccc2N)CC=C1. The van der Waals surface area contributed by atoms with Gasteiger partial charge in [0.1, 0.15) is 5.84 Å². The minimum absolute atomic E-state index is 0.0280. The average molecular weight is 335 g/mol. The summed E-state index contributed by atoms with van der Waals surface area (Å²) in [6, 6.07) is 5.11. The van der Waals surface area contributed by atoms with E-state index >= 15 is 0 Å². The van der Waals surface area contributed by atoms with Gasteiger partial charge in [-0.25, -0.2) is 0 Å². The molecule has 0 fully saturated rings. The molecule has 5 heteroatoms. The molecule has 1 unspecified atom stereocenters. The number of anilines is 1. The van der Waals surface area contributed by atoms with Crippen LogP contribution < -0.4 is 16.8 Å². The number of terminal acetylenes is 1. The average Bonchev–Trinajstić information content (AvgIpc) is 2.63. The van der Waals surface area contributed by atoms with E-state index in [4.69, 9.17) is 22.3 Å². The first-order valence-electron chi connectivity index (χ1n) is 7.91. The van der Waals surface area contributed by atoms with Crippen LogP contribution in [0.2, 0.25) is 0 Å². The molecule has 1 aliphatic carbocycles. The van der Waals surface area contributed by atoms with Crippen molar-refractivity contribution in [1.29, 1.82) is 10.8 Å². The monoisotopic (exact) mass is 335 g/mol. The molecule has 7 N–H and O–H groups in total. The van der Waals surface area contributed by atoms with Gasteiger partial charge in [0.2, 0.25) is 0 Å². The smallest absolute Gasteiger partial charge is 0.122 e. The van der Waals surface area contributed by atoms with E-state index in [1.165, 1.54) is 0 Å². The number of nitrogen functional groups attached to an aromatic ring is 2. The van der Waals surface area contributed by atoms with Gasteiger partial charge in [0.05, 0.1) is 0 Å². The fourth-order valence-electron chi connectivity index (χ4n) is 2.42. The lowest BCUT2D eigenvalue weighted by Crippen LogP contribution is -2.21. The zero-order valence-electron chi connectivity index (χ0n) is 14.5. The summed E-state index contributed by atoms with van der Waals surface area (Å²) in [7, 11) is 0. The highest BCUT2D eigenvalue weighted by molar-refractivity contribution is 6.07. The van der Waals surface area contributed by atoms with E-state index in [2.05, 4.69) is 24.7 Å². The molecule has 0 amide bonds. The van der Waals surface area contributed by atoms with Crippen molar-refractivity contribution in [2.75, 3.05) is 5.73 Å². The number of rotatable bonds is 6. The molecule has 0 heterocycles. The Morgan fingerprint density at radius 3 is 2.64 bits per heavy atom. The van der Waals surface area contributed by atoms with Crippen LogP contribution in [0.5, 0.6) is 0 Å². The highest BCUT2D eigenvalue weighted by Crippen LogP contribution is 2.24. The van der Waals surface area contributed by atoms with Gasteiger partial charge in [0.15, 0.2) is 0 Å². The Morgan fingerprint density at radius 2 is 2.04 bits per heavy atom. The molecule has 1 aromatic carbocycles. The molecule has 1 aliphatic rings. The van der Waals surface area contributed by atoms with Crippen molar-refractivity contribution in [1.82, 2.24) is 5.32 Å². The lowest BCUT2D eigenvalue weighted by molar-refractivity contribution is 0.816. The summed E-state index contributed by atoms with van der Waals surface area (Å²) in [4.78, 5) is 0. The van der Waals surface area contributed by atoms with Gasteiger partial charge in [-0.3, -0.25) is 5.41 Å². The van der Waals surface area contributed by atoms with Crippen LogP contribution in [0.15, 0.2) is 54.4 Å². The van der Waals surface area contributed by atoms with E-state index in [9.17, 15) is 0 Å². The second-order valence-electron chi connectivity index (χ2n) is 5.58. The second-order valence-corrected chi connectivity index (χ2v) is 5.58. The zero-order chi connectivity index (χ0) is 19.0. The van der Waals surface area contributed by atoms with E-state index in [-0.39, 0.29) is 11.8 Å². The summed E-state index contributed by atoms with van der Waals surface area (Å²) < 4.78 is 0. The molecule has 0 bridgehead atoms. The summed E-state index contributed by atoms with van der Waals surface area (Å²) in [6.07, 6.45) is 15.6. The normalized spacial score (nSPS) is 15.3. The van der Waals surface area contributed by atoms with Crippen LogP contribution in [-0.2, 0) is 0 Å². The molecule has 0 saturated carbocycles. The van der Waals surface area contributed by atoms with E-state index in [1.54, 1.807) is 18.2 Å². The molecule has 5 nitrogen and oxygen atoms in total. The van der Waals surface area contributed by atoms with Crippen LogP contribution in [0, 0.1) is 29.6 Å². The van der Waals surface area contributed by atoms with Gasteiger partial charge in [-0.05, 0) is 37.1 Å². The molecular weight excluding hydrogens is 310 g/mol. The zero-order valence-corrected chi connectivity index (χ0v) is 14.5. The molecule has 0 aliphatic heterocycles.